The van der Waals surface area contributed by atoms with Gasteiger partial charge in [0.1, 0.15) is 11.9 Å². The second kappa shape index (κ2) is 15.4. The number of carbonyl (C=O) groups excluding carboxylic acids is 2. The van der Waals surface area contributed by atoms with Gasteiger partial charge in [-0.2, -0.15) is 0 Å². The molecule has 2 atom stereocenters. The van der Waals surface area contributed by atoms with Crippen molar-refractivity contribution in [2.75, 3.05) is 0 Å². The van der Waals surface area contributed by atoms with Crippen molar-refractivity contribution in [3.05, 3.63) is 0 Å². The highest BCUT2D eigenvalue weighted by molar-refractivity contribution is 5.78. The molecule has 5 nitrogen and oxygen atoms in total. The monoisotopic (exact) mass is 412 g/mol. The van der Waals surface area contributed by atoms with Crippen LogP contribution in [0.15, 0.2) is 0 Å². The van der Waals surface area contributed by atoms with E-state index in [0.717, 1.165) is 70.6 Å². The minimum atomic E-state index is -0.743. The number of unbranched alkanes of at least 4 members (excludes halogenated alkanes) is 5. The molecule has 0 radical (unpaired) electrons. The Balaban J connectivity index is 4.38. The van der Waals surface area contributed by atoms with Gasteiger partial charge in [-0.1, -0.05) is 39.0 Å². The van der Waals surface area contributed by atoms with Crippen LogP contribution >= 0.6 is 0 Å². The maximum Gasteiger partial charge on any atom is 0.311 e. The molecule has 170 valence electrons. The highest BCUT2D eigenvalue weighted by Gasteiger charge is 2.26. The predicted molar refractivity (Wildman–Crippen MR) is 117 cm³/mol. The molecule has 0 aliphatic rings. The van der Waals surface area contributed by atoms with Gasteiger partial charge in [-0.3, -0.25) is 14.4 Å². The first-order chi connectivity index (χ1) is 13.6. The SMILES string of the molecule is CCCCCC(CCCC(CCCCCCC(=O)O)C(C)=O)OC(=O)C(C)(C)C. The number of carboxylic acids is 1. The van der Waals surface area contributed by atoms with Crippen molar-refractivity contribution < 1.29 is 24.2 Å². The van der Waals surface area contributed by atoms with E-state index in [9.17, 15) is 14.4 Å². The lowest BCUT2D eigenvalue weighted by molar-refractivity contribution is -0.159. The van der Waals surface area contributed by atoms with Crippen molar-refractivity contribution in [1.29, 1.82) is 0 Å². The van der Waals surface area contributed by atoms with Crippen LogP contribution in [0.1, 0.15) is 118 Å². The smallest absolute Gasteiger partial charge is 0.311 e. The van der Waals surface area contributed by atoms with Crippen molar-refractivity contribution in [2.45, 2.75) is 124 Å². The molecule has 0 saturated carbocycles. The lowest BCUT2D eigenvalue weighted by atomic mass is 9.90. The topological polar surface area (TPSA) is 80.7 Å². The standard InChI is InChI=1S/C24H44O5/c1-6-7-10-16-21(29-23(28)24(3,4)5)17-13-15-20(19(2)25)14-11-8-9-12-18-22(26)27/h20-21H,6-18H2,1-5H3,(H,26,27). The van der Waals surface area contributed by atoms with E-state index in [4.69, 9.17) is 9.84 Å². The number of aliphatic carboxylic acids is 1. The van der Waals surface area contributed by atoms with Gasteiger partial charge in [0.05, 0.1) is 5.41 Å². The Morgan fingerprint density at radius 3 is 1.93 bits per heavy atom. The van der Waals surface area contributed by atoms with Crippen LogP contribution in [0.4, 0.5) is 0 Å². The van der Waals surface area contributed by atoms with Gasteiger partial charge in [-0.25, -0.2) is 0 Å². The van der Waals surface area contributed by atoms with Gasteiger partial charge < -0.3 is 9.84 Å². The molecule has 0 amide bonds. The molecule has 0 bridgehead atoms. The Morgan fingerprint density at radius 1 is 0.828 bits per heavy atom. The third-order valence-corrected chi connectivity index (χ3v) is 5.36. The molecule has 2 unspecified atom stereocenters. The fourth-order valence-corrected chi connectivity index (χ4v) is 3.38. The molecular weight excluding hydrogens is 368 g/mol. The lowest BCUT2D eigenvalue weighted by Crippen LogP contribution is -2.28. The largest absolute Gasteiger partial charge is 0.481 e. The van der Waals surface area contributed by atoms with E-state index in [1.165, 1.54) is 0 Å². The Kier molecular flexibility index (Phi) is 14.7. The fourth-order valence-electron chi connectivity index (χ4n) is 3.38. The number of hydrogen-bond acceptors (Lipinski definition) is 4. The van der Waals surface area contributed by atoms with E-state index < -0.39 is 11.4 Å². The number of carbonyl (C=O) groups is 3. The van der Waals surface area contributed by atoms with Gasteiger partial charge in [-0.15, -0.1) is 0 Å². The van der Waals surface area contributed by atoms with E-state index in [1.807, 2.05) is 20.8 Å². The predicted octanol–water partition coefficient (Wildman–Crippen LogP) is 6.33. The molecule has 0 heterocycles. The Morgan fingerprint density at radius 2 is 1.38 bits per heavy atom. The zero-order valence-electron chi connectivity index (χ0n) is 19.4. The van der Waals surface area contributed by atoms with Crippen molar-refractivity contribution >= 4 is 17.7 Å². The zero-order chi connectivity index (χ0) is 22.3. The molecule has 29 heavy (non-hydrogen) atoms. The molecule has 0 aliphatic carbocycles. The van der Waals surface area contributed by atoms with E-state index in [0.29, 0.717) is 6.42 Å². The van der Waals surface area contributed by atoms with Crippen LogP contribution in [0.2, 0.25) is 0 Å². The minimum absolute atomic E-state index is 0.0584. The van der Waals surface area contributed by atoms with Crippen LogP contribution in [0.25, 0.3) is 0 Å². The highest BCUT2D eigenvalue weighted by Crippen LogP contribution is 2.24. The van der Waals surface area contributed by atoms with Crippen LogP contribution in [0.3, 0.4) is 0 Å². The number of rotatable bonds is 17. The van der Waals surface area contributed by atoms with Crippen LogP contribution in [-0.2, 0) is 19.1 Å². The molecule has 0 rings (SSSR count). The van der Waals surface area contributed by atoms with Crippen LogP contribution < -0.4 is 0 Å². The third kappa shape index (κ3) is 15.2. The first-order valence-electron chi connectivity index (χ1n) is 11.5. The summed E-state index contributed by atoms with van der Waals surface area (Å²) in [5.74, 6) is -0.607. The van der Waals surface area contributed by atoms with Crippen molar-refractivity contribution in [2.24, 2.45) is 11.3 Å². The van der Waals surface area contributed by atoms with Crippen molar-refractivity contribution in [3.8, 4) is 0 Å². The Labute approximate surface area is 178 Å². The van der Waals surface area contributed by atoms with Gasteiger partial charge in [0, 0.05) is 12.3 Å². The van der Waals surface area contributed by atoms with Gasteiger partial charge in [0.15, 0.2) is 0 Å². The first kappa shape index (κ1) is 27.6. The van der Waals surface area contributed by atoms with E-state index in [-0.39, 0.29) is 30.2 Å². The summed E-state index contributed by atoms with van der Waals surface area (Å²) in [5, 5.41) is 8.66. The van der Waals surface area contributed by atoms with Crippen molar-refractivity contribution in [3.63, 3.8) is 0 Å². The average Bonchev–Trinajstić information content (AvgIpc) is 2.61. The summed E-state index contributed by atoms with van der Waals surface area (Å²) in [6.45, 7) is 9.45. The van der Waals surface area contributed by atoms with Gasteiger partial charge in [0.25, 0.3) is 0 Å². The number of hydrogen-bond donors (Lipinski definition) is 1. The molecule has 0 aromatic rings. The second-order valence-corrected chi connectivity index (χ2v) is 9.36. The van der Waals surface area contributed by atoms with Gasteiger partial charge in [-0.05, 0) is 72.6 Å². The van der Waals surface area contributed by atoms with Gasteiger partial charge in [0.2, 0.25) is 0 Å². The molecule has 0 aliphatic heterocycles. The minimum Gasteiger partial charge on any atom is -0.481 e. The number of ether oxygens (including phenoxy) is 1. The molecule has 0 aromatic heterocycles. The van der Waals surface area contributed by atoms with E-state index in [2.05, 4.69) is 6.92 Å². The summed E-state index contributed by atoms with van der Waals surface area (Å²) in [7, 11) is 0. The number of carboxylic acid groups (broad SMARTS) is 1. The summed E-state index contributed by atoms with van der Waals surface area (Å²) in [5.41, 5.74) is -0.494. The Hall–Kier alpha value is -1.39. The highest BCUT2D eigenvalue weighted by atomic mass is 16.5. The molecular formula is C24H44O5. The van der Waals surface area contributed by atoms with Crippen molar-refractivity contribution in [1.82, 2.24) is 0 Å². The second-order valence-electron chi connectivity index (χ2n) is 9.36. The maximum absolute atomic E-state index is 12.3. The summed E-state index contributed by atoms with van der Waals surface area (Å²) >= 11 is 0. The van der Waals surface area contributed by atoms with Crippen LogP contribution in [0, 0.1) is 11.3 Å². The fraction of sp³-hybridized carbons (Fsp3) is 0.875. The molecule has 1 N–H and O–H groups in total. The number of ketones is 1. The summed E-state index contributed by atoms with van der Waals surface area (Å²) < 4.78 is 5.78. The van der Waals surface area contributed by atoms with Crippen LogP contribution in [0.5, 0.6) is 0 Å². The number of esters is 1. The average molecular weight is 413 g/mol. The molecule has 0 spiro atoms. The molecule has 0 aromatic carbocycles. The normalized spacial score (nSPS) is 13.7. The summed E-state index contributed by atoms with van der Waals surface area (Å²) in [4.78, 5) is 34.8. The lowest BCUT2D eigenvalue weighted by Gasteiger charge is -2.24. The number of Topliss-reactive ketones (excluding diaryl/α,β-unsaturated/α-hetero) is 1. The third-order valence-electron chi connectivity index (χ3n) is 5.36. The van der Waals surface area contributed by atoms with E-state index in [1.54, 1.807) is 6.92 Å². The maximum atomic E-state index is 12.3. The summed E-state index contributed by atoms with van der Waals surface area (Å²) in [6, 6.07) is 0. The molecule has 0 saturated heterocycles. The quantitative estimate of drug-likeness (QED) is 0.223. The first-order valence-corrected chi connectivity index (χ1v) is 11.5. The zero-order valence-corrected chi connectivity index (χ0v) is 19.4. The Bertz CT molecular complexity index is 478. The van der Waals surface area contributed by atoms with Crippen LogP contribution in [-0.4, -0.2) is 28.9 Å². The molecule has 5 heteroatoms. The summed E-state index contributed by atoms with van der Waals surface area (Å²) in [6.07, 6.45) is 11.3. The molecule has 0 fully saturated rings. The van der Waals surface area contributed by atoms with E-state index >= 15 is 0 Å². The van der Waals surface area contributed by atoms with Gasteiger partial charge >= 0.3 is 11.9 Å².